The number of urea groups is 1. The highest BCUT2D eigenvalue weighted by Gasteiger charge is 2.24. The number of rotatable bonds is 0. The van der Waals surface area contributed by atoms with Gasteiger partial charge in [0.1, 0.15) is 0 Å². The molecule has 0 aromatic rings. The first-order valence-electron chi connectivity index (χ1n) is 3.61. The molecule has 10 heavy (non-hydrogen) atoms. The summed E-state index contributed by atoms with van der Waals surface area (Å²) in [5.74, 6) is 0. The van der Waals surface area contributed by atoms with E-state index in [1.165, 1.54) is 0 Å². The Bertz CT molecular complexity index is 147. The van der Waals surface area contributed by atoms with E-state index in [9.17, 15) is 4.79 Å². The lowest BCUT2D eigenvalue weighted by Crippen LogP contribution is -2.49. The van der Waals surface area contributed by atoms with Crippen LogP contribution in [-0.4, -0.2) is 42.5 Å². The zero-order valence-corrected chi connectivity index (χ0v) is 6.79. The van der Waals surface area contributed by atoms with Crippen LogP contribution in [0, 0.1) is 0 Å². The monoisotopic (exact) mass is 142 g/mol. The van der Waals surface area contributed by atoms with Gasteiger partial charge in [0, 0.05) is 26.7 Å². The fourth-order valence-corrected chi connectivity index (χ4v) is 1.13. The van der Waals surface area contributed by atoms with Gasteiger partial charge in [-0.2, -0.15) is 0 Å². The molecule has 0 bridgehead atoms. The average molecular weight is 142 g/mol. The molecule has 3 heteroatoms. The first kappa shape index (κ1) is 7.38. The van der Waals surface area contributed by atoms with Crippen molar-refractivity contribution >= 4 is 6.03 Å². The molecule has 0 N–H and O–H groups in total. The van der Waals surface area contributed by atoms with Gasteiger partial charge in [0.15, 0.2) is 0 Å². The molecule has 58 valence electrons. The number of carbonyl (C=O) groups excluding carboxylic acids is 1. The summed E-state index contributed by atoms with van der Waals surface area (Å²) >= 11 is 0. The van der Waals surface area contributed by atoms with E-state index in [0.29, 0.717) is 6.04 Å². The molecule has 2 amide bonds. The third-order valence-electron chi connectivity index (χ3n) is 2.17. The molecular formula is C7H14N2O. The van der Waals surface area contributed by atoms with E-state index in [4.69, 9.17) is 0 Å². The smallest absolute Gasteiger partial charge is 0.319 e. The van der Waals surface area contributed by atoms with Gasteiger partial charge in [-0.15, -0.1) is 0 Å². The summed E-state index contributed by atoms with van der Waals surface area (Å²) in [5.41, 5.74) is 0. The van der Waals surface area contributed by atoms with Crippen molar-refractivity contribution in [2.24, 2.45) is 0 Å². The largest absolute Gasteiger partial charge is 0.328 e. The lowest BCUT2D eigenvalue weighted by Gasteiger charge is -2.35. The van der Waals surface area contributed by atoms with Crippen molar-refractivity contribution in [3.63, 3.8) is 0 Å². The van der Waals surface area contributed by atoms with Crippen molar-refractivity contribution in [2.75, 3.05) is 20.6 Å². The van der Waals surface area contributed by atoms with Crippen LogP contribution in [-0.2, 0) is 0 Å². The number of amides is 2. The predicted molar refractivity (Wildman–Crippen MR) is 39.9 cm³/mol. The van der Waals surface area contributed by atoms with Crippen LogP contribution in [0.5, 0.6) is 0 Å². The van der Waals surface area contributed by atoms with Gasteiger partial charge in [0.25, 0.3) is 0 Å². The van der Waals surface area contributed by atoms with Crippen LogP contribution < -0.4 is 0 Å². The van der Waals surface area contributed by atoms with Crippen molar-refractivity contribution in [1.29, 1.82) is 0 Å². The minimum atomic E-state index is 0.138. The maximum atomic E-state index is 11.2. The Hall–Kier alpha value is -0.730. The van der Waals surface area contributed by atoms with Crippen LogP contribution >= 0.6 is 0 Å². The summed E-state index contributed by atoms with van der Waals surface area (Å²) < 4.78 is 0. The molecule has 0 aromatic heterocycles. The third-order valence-corrected chi connectivity index (χ3v) is 2.17. The Balaban J connectivity index is 2.60. The van der Waals surface area contributed by atoms with Gasteiger partial charge >= 0.3 is 6.03 Å². The van der Waals surface area contributed by atoms with Crippen LogP contribution in [0.2, 0.25) is 0 Å². The summed E-state index contributed by atoms with van der Waals surface area (Å²) in [4.78, 5) is 14.7. The summed E-state index contributed by atoms with van der Waals surface area (Å²) in [6, 6.07) is 0.544. The second kappa shape index (κ2) is 2.48. The zero-order chi connectivity index (χ0) is 7.72. The SMILES string of the molecule is C[C@@H]1CCN(C)C(=O)N1C. The summed E-state index contributed by atoms with van der Waals surface area (Å²) in [6.07, 6.45) is 1.08. The van der Waals surface area contributed by atoms with E-state index < -0.39 is 0 Å². The van der Waals surface area contributed by atoms with E-state index in [0.717, 1.165) is 13.0 Å². The minimum absolute atomic E-state index is 0.138. The Kier molecular flexibility index (Phi) is 1.83. The first-order chi connectivity index (χ1) is 4.63. The molecule has 3 nitrogen and oxygen atoms in total. The minimum Gasteiger partial charge on any atom is -0.328 e. The molecule has 0 saturated carbocycles. The molecule has 1 atom stereocenters. The molecule has 0 aliphatic carbocycles. The van der Waals surface area contributed by atoms with Gasteiger partial charge < -0.3 is 9.80 Å². The molecule has 0 unspecified atom stereocenters. The Labute approximate surface area is 61.6 Å². The van der Waals surface area contributed by atoms with Crippen molar-refractivity contribution in [3.8, 4) is 0 Å². The van der Waals surface area contributed by atoms with Crippen LogP contribution in [0.4, 0.5) is 4.79 Å². The molecule has 1 aliphatic heterocycles. The number of hydrogen-bond donors (Lipinski definition) is 0. The predicted octanol–water partition coefficient (Wildman–Crippen LogP) is 0.762. The average Bonchev–Trinajstić information content (AvgIpc) is 1.93. The third kappa shape index (κ3) is 1.08. The van der Waals surface area contributed by atoms with Gasteiger partial charge in [-0.3, -0.25) is 0 Å². The molecule has 1 rings (SSSR count). The molecule has 1 aliphatic rings. The van der Waals surface area contributed by atoms with E-state index in [1.54, 1.807) is 9.80 Å². The van der Waals surface area contributed by atoms with Crippen molar-refractivity contribution in [2.45, 2.75) is 19.4 Å². The number of hydrogen-bond acceptors (Lipinski definition) is 1. The Morgan fingerprint density at radius 1 is 1.50 bits per heavy atom. The summed E-state index contributed by atoms with van der Waals surface area (Å²) in [7, 11) is 3.69. The van der Waals surface area contributed by atoms with Crippen molar-refractivity contribution in [3.05, 3.63) is 0 Å². The van der Waals surface area contributed by atoms with Crippen molar-refractivity contribution in [1.82, 2.24) is 9.80 Å². The lowest BCUT2D eigenvalue weighted by atomic mass is 10.2. The standard InChI is InChI=1S/C7H14N2O/c1-6-4-5-8(2)7(10)9(6)3/h6H,4-5H2,1-3H3/t6-/m1/s1. The zero-order valence-electron chi connectivity index (χ0n) is 6.79. The topological polar surface area (TPSA) is 23.6 Å². The van der Waals surface area contributed by atoms with Crippen LogP contribution in [0.15, 0.2) is 0 Å². The molecular weight excluding hydrogens is 128 g/mol. The molecule has 1 fully saturated rings. The molecule has 0 aromatic carbocycles. The number of carbonyl (C=O) groups is 1. The van der Waals surface area contributed by atoms with E-state index >= 15 is 0 Å². The van der Waals surface area contributed by atoms with Gasteiger partial charge in [-0.1, -0.05) is 0 Å². The van der Waals surface area contributed by atoms with E-state index in [-0.39, 0.29) is 6.03 Å². The first-order valence-corrected chi connectivity index (χ1v) is 3.61. The van der Waals surface area contributed by atoms with E-state index in [2.05, 4.69) is 6.92 Å². The van der Waals surface area contributed by atoms with Crippen molar-refractivity contribution < 1.29 is 4.79 Å². The normalized spacial score (nSPS) is 27.5. The molecule has 0 radical (unpaired) electrons. The van der Waals surface area contributed by atoms with Gasteiger partial charge in [-0.05, 0) is 13.3 Å². The molecule has 0 spiro atoms. The van der Waals surface area contributed by atoms with Crippen LogP contribution in [0.1, 0.15) is 13.3 Å². The quantitative estimate of drug-likeness (QED) is 0.490. The van der Waals surface area contributed by atoms with Gasteiger partial charge in [-0.25, -0.2) is 4.79 Å². The maximum absolute atomic E-state index is 11.2. The van der Waals surface area contributed by atoms with Gasteiger partial charge in [0.05, 0.1) is 0 Å². The molecule has 1 heterocycles. The highest BCUT2D eigenvalue weighted by molar-refractivity contribution is 5.74. The fourth-order valence-electron chi connectivity index (χ4n) is 1.13. The van der Waals surface area contributed by atoms with Crippen LogP contribution in [0.25, 0.3) is 0 Å². The highest BCUT2D eigenvalue weighted by atomic mass is 16.2. The molecule has 1 saturated heterocycles. The summed E-state index contributed by atoms with van der Waals surface area (Å²) in [6.45, 7) is 2.97. The van der Waals surface area contributed by atoms with Crippen LogP contribution in [0.3, 0.4) is 0 Å². The fraction of sp³-hybridized carbons (Fsp3) is 0.857. The second-order valence-corrected chi connectivity index (χ2v) is 2.95. The maximum Gasteiger partial charge on any atom is 0.319 e. The summed E-state index contributed by atoms with van der Waals surface area (Å²) in [5, 5.41) is 0. The highest BCUT2D eigenvalue weighted by Crippen LogP contribution is 2.11. The lowest BCUT2D eigenvalue weighted by molar-refractivity contribution is 0.130. The Morgan fingerprint density at radius 3 is 2.60 bits per heavy atom. The van der Waals surface area contributed by atoms with Gasteiger partial charge in [0.2, 0.25) is 0 Å². The second-order valence-electron chi connectivity index (χ2n) is 2.95. The van der Waals surface area contributed by atoms with E-state index in [1.807, 2.05) is 14.1 Å². The number of nitrogens with zero attached hydrogens (tertiary/aromatic N) is 2. The Morgan fingerprint density at radius 2 is 2.10 bits per heavy atom.